The second-order valence-corrected chi connectivity index (χ2v) is 8.88. The minimum absolute atomic E-state index is 0.0999. The molecular weight excluding hydrogens is 387 g/mol. The van der Waals surface area contributed by atoms with Crippen LogP contribution in [0, 0.1) is 5.82 Å². The third-order valence-corrected chi connectivity index (χ3v) is 5.57. The molecule has 0 fully saturated rings. The summed E-state index contributed by atoms with van der Waals surface area (Å²) in [6.07, 6.45) is 0.251. The van der Waals surface area contributed by atoms with Gasteiger partial charge in [-0.2, -0.15) is 0 Å². The Kier molecular flexibility index (Phi) is 6.37. The number of thioether (sulfide) groups is 1. The summed E-state index contributed by atoms with van der Waals surface area (Å²) in [7, 11) is 1.91. The maximum absolute atomic E-state index is 13.6. The third kappa shape index (κ3) is 5.23. The van der Waals surface area contributed by atoms with Crippen molar-refractivity contribution in [2.75, 3.05) is 11.1 Å². The Morgan fingerprint density at radius 2 is 1.79 bits per heavy atom. The highest BCUT2D eigenvalue weighted by Gasteiger charge is 2.16. The molecule has 1 N–H and O–H groups in total. The molecule has 152 valence electrons. The predicted octanol–water partition coefficient (Wildman–Crippen LogP) is 5.04. The number of nitrogens with one attached hydrogen (secondary N) is 1. The number of benzene rings is 2. The van der Waals surface area contributed by atoms with Crippen molar-refractivity contribution >= 4 is 23.4 Å². The topological polar surface area (TPSA) is 59.8 Å². The average molecular weight is 413 g/mol. The molecular formula is C22H25FN4OS. The van der Waals surface area contributed by atoms with Gasteiger partial charge in [0.2, 0.25) is 5.91 Å². The van der Waals surface area contributed by atoms with E-state index >= 15 is 0 Å². The molecule has 0 bridgehead atoms. The van der Waals surface area contributed by atoms with E-state index < -0.39 is 5.82 Å². The fourth-order valence-electron chi connectivity index (χ4n) is 2.82. The Hall–Kier alpha value is -2.67. The highest BCUT2D eigenvalue weighted by Crippen LogP contribution is 2.27. The molecule has 1 amide bonds. The van der Waals surface area contributed by atoms with Crippen LogP contribution in [0.15, 0.2) is 53.7 Å². The van der Waals surface area contributed by atoms with Gasteiger partial charge in [-0.25, -0.2) is 4.39 Å². The van der Waals surface area contributed by atoms with Crippen LogP contribution in [0.5, 0.6) is 0 Å². The first kappa shape index (κ1) is 21.0. The van der Waals surface area contributed by atoms with Gasteiger partial charge >= 0.3 is 0 Å². The molecule has 29 heavy (non-hydrogen) atoms. The van der Waals surface area contributed by atoms with E-state index in [1.165, 1.54) is 23.4 Å². The van der Waals surface area contributed by atoms with Crippen molar-refractivity contribution in [3.63, 3.8) is 0 Å². The zero-order chi connectivity index (χ0) is 21.0. The quantitative estimate of drug-likeness (QED) is 0.576. The molecule has 0 atom stereocenters. The number of amides is 1. The third-order valence-electron chi connectivity index (χ3n) is 4.55. The number of halogens is 1. The van der Waals surface area contributed by atoms with Gasteiger partial charge in [0.15, 0.2) is 11.0 Å². The normalized spacial score (nSPS) is 11.5. The molecule has 0 aliphatic heterocycles. The molecule has 0 aliphatic rings. The van der Waals surface area contributed by atoms with Crippen LogP contribution in [-0.4, -0.2) is 26.4 Å². The summed E-state index contributed by atoms with van der Waals surface area (Å²) in [5.41, 5.74) is 2.56. The van der Waals surface area contributed by atoms with Gasteiger partial charge in [0.1, 0.15) is 5.82 Å². The van der Waals surface area contributed by atoms with Crippen molar-refractivity contribution in [1.82, 2.24) is 14.8 Å². The lowest BCUT2D eigenvalue weighted by atomic mass is 9.87. The van der Waals surface area contributed by atoms with E-state index in [0.717, 1.165) is 16.5 Å². The van der Waals surface area contributed by atoms with E-state index in [-0.39, 0.29) is 23.4 Å². The van der Waals surface area contributed by atoms with E-state index in [2.05, 4.69) is 60.6 Å². The second kappa shape index (κ2) is 8.78. The molecule has 7 heteroatoms. The van der Waals surface area contributed by atoms with Gasteiger partial charge in [0.25, 0.3) is 0 Å². The smallest absolute Gasteiger partial charge is 0.225 e. The van der Waals surface area contributed by atoms with Gasteiger partial charge in [0.05, 0.1) is 5.69 Å². The number of carbonyl (C=O) groups excluding carboxylic acids is 1. The molecule has 0 saturated heterocycles. The number of nitrogens with zero attached hydrogens (tertiary/aromatic N) is 3. The molecule has 0 saturated carbocycles. The molecule has 1 heterocycles. The monoisotopic (exact) mass is 412 g/mol. The maximum Gasteiger partial charge on any atom is 0.225 e. The van der Waals surface area contributed by atoms with Crippen molar-refractivity contribution in [1.29, 1.82) is 0 Å². The number of para-hydroxylation sites is 1. The molecule has 3 aromatic rings. The van der Waals surface area contributed by atoms with Gasteiger partial charge in [-0.3, -0.25) is 4.79 Å². The average Bonchev–Trinajstić information content (AvgIpc) is 3.04. The fraction of sp³-hybridized carbons (Fsp3) is 0.318. The maximum atomic E-state index is 13.6. The Labute approximate surface area is 174 Å². The zero-order valence-electron chi connectivity index (χ0n) is 17.1. The van der Waals surface area contributed by atoms with Gasteiger partial charge in [-0.05, 0) is 23.1 Å². The van der Waals surface area contributed by atoms with Crippen LogP contribution in [-0.2, 0) is 17.3 Å². The van der Waals surface area contributed by atoms with Gasteiger partial charge < -0.3 is 9.88 Å². The van der Waals surface area contributed by atoms with Crippen LogP contribution in [0.2, 0.25) is 0 Å². The molecule has 5 nitrogen and oxygen atoms in total. The Morgan fingerprint density at radius 3 is 2.45 bits per heavy atom. The first-order chi connectivity index (χ1) is 13.8. The highest BCUT2D eigenvalue weighted by molar-refractivity contribution is 7.99. The Bertz CT molecular complexity index is 993. The summed E-state index contributed by atoms with van der Waals surface area (Å²) in [4.78, 5) is 12.0. The summed E-state index contributed by atoms with van der Waals surface area (Å²) < 4.78 is 15.5. The molecule has 0 aliphatic carbocycles. The summed E-state index contributed by atoms with van der Waals surface area (Å²) in [6.45, 7) is 6.55. The summed E-state index contributed by atoms with van der Waals surface area (Å²) in [5.74, 6) is 0.630. The minimum atomic E-state index is -0.441. The van der Waals surface area contributed by atoms with Crippen LogP contribution >= 0.6 is 11.8 Å². The summed E-state index contributed by atoms with van der Waals surface area (Å²) in [5, 5.41) is 11.9. The van der Waals surface area contributed by atoms with Gasteiger partial charge in [-0.1, -0.05) is 68.9 Å². The lowest BCUT2D eigenvalue weighted by Crippen LogP contribution is -2.13. The minimum Gasteiger partial charge on any atom is -0.324 e. The van der Waals surface area contributed by atoms with Crippen molar-refractivity contribution in [2.24, 2.45) is 7.05 Å². The lowest BCUT2D eigenvalue weighted by Gasteiger charge is -2.19. The first-order valence-electron chi connectivity index (χ1n) is 9.43. The standard InChI is InChI=1S/C22H25FN4OS/c1-22(2,3)16-11-9-15(10-12-16)20-25-26-21(27(20)4)29-14-13-19(28)24-18-8-6-5-7-17(18)23/h5-12H,13-14H2,1-4H3,(H,24,28). The van der Waals surface area contributed by atoms with Crippen molar-refractivity contribution < 1.29 is 9.18 Å². The van der Waals surface area contributed by atoms with Crippen molar-refractivity contribution in [3.8, 4) is 11.4 Å². The molecule has 2 aromatic carbocycles. The number of hydrogen-bond acceptors (Lipinski definition) is 4. The van der Waals surface area contributed by atoms with E-state index in [0.29, 0.717) is 5.75 Å². The van der Waals surface area contributed by atoms with Crippen LogP contribution in [0.3, 0.4) is 0 Å². The van der Waals surface area contributed by atoms with Gasteiger partial charge in [0, 0.05) is 24.8 Å². The molecule has 3 rings (SSSR count). The molecule has 0 radical (unpaired) electrons. The number of aromatic nitrogens is 3. The molecule has 1 aromatic heterocycles. The molecule has 0 unspecified atom stereocenters. The van der Waals surface area contributed by atoms with Crippen LogP contribution in [0.1, 0.15) is 32.8 Å². The summed E-state index contributed by atoms with van der Waals surface area (Å²) >= 11 is 1.45. The van der Waals surface area contributed by atoms with Crippen molar-refractivity contribution in [2.45, 2.75) is 37.8 Å². The zero-order valence-corrected chi connectivity index (χ0v) is 17.9. The van der Waals surface area contributed by atoms with E-state index in [4.69, 9.17) is 0 Å². The summed E-state index contributed by atoms with van der Waals surface area (Å²) in [6, 6.07) is 14.5. The van der Waals surface area contributed by atoms with Crippen LogP contribution in [0.4, 0.5) is 10.1 Å². The van der Waals surface area contributed by atoms with Crippen LogP contribution in [0.25, 0.3) is 11.4 Å². The largest absolute Gasteiger partial charge is 0.324 e. The van der Waals surface area contributed by atoms with E-state index in [1.54, 1.807) is 18.2 Å². The highest BCUT2D eigenvalue weighted by atomic mass is 32.2. The Morgan fingerprint density at radius 1 is 1.10 bits per heavy atom. The van der Waals surface area contributed by atoms with E-state index in [9.17, 15) is 9.18 Å². The molecule has 0 spiro atoms. The lowest BCUT2D eigenvalue weighted by molar-refractivity contribution is -0.115. The number of anilines is 1. The SMILES string of the molecule is Cn1c(SCCC(=O)Nc2ccccc2F)nnc1-c1ccc(C(C)(C)C)cc1. The Balaban J connectivity index is 1.58. The second-order valence-electron chi connectivity index (χ2n) is 7.82. The first-order valence-corrected chi connectivity index (χ1v) is 10.4. The number of carbonyl (C=O) groups is 1. The fourth-order valence-corrected chi connectivity index (χ4v) is 3.67. The van der Waals surface area contributed by atoms with Crippen molar-refractivity contribution in [3.05, 3.63) is 59.9 Å². The number of rotatable bonds is 6. The van der Waals surface area contributed by atoms with Crippen LogP contribution < -0.4 is 5.32 Å². The number of hydrogen-bond donors (Lipinski definition) is 1. The predicted molar refractivity (Wildman–Crippen MR) is 116 cm³/mol. The van der Waals surface area contributed by atoms with Gasteiger partial charge in [-0.15, -0.1) is 10.2 Å². The van der Waals surface area contributed by atoms with E-state index in [1.807, 2.05) is 11.6 Å².